The van der Waals surface area contributed by atoms with Crippen molar-refractivity contribution in [3.63, 3.8) is 0 Å². The Bertz CT molecular complexity index is 1330. The predicted molar refractivity (Wildman–Crippen MR) is 147 cm³/mol. The number of carbonyl (C=O) groups is 2. The van der Waals surface area contributed by atoms with Gasteiger partial charge in [0.15, 0.2) is 11.5 Å². The van der Waals surface area contributed by atoms with Crippen molar-refractivity contribution in [3.8, 4) is 11.5 Å². The topological polar surface area (TPSA) is 88.5 Å². The third-order valence-electron chi connectivity index (χ3n) is 6.20. The van der Waals surface area contributed by atoms with E-state index in [0.717, 1.165) is 11.1 Å². The number of benzene rings is 3. The molecule has 1 saturated heterocycles. The second-order valence-electron chi connectivity index (χ2n) is 8.73. The largest absolute Gasteiger partial charge is 0.493 e. The zero-order valence-corrected chi connectivity index (χ0v) is 22.6. The quantitative estimate of drug-likeness (QED) is 0.362. The molecule has 0 aromatic heterocycles. The number of carboxylic acids is 1. The molecule has 1 N–H and O–H groups in total. The van der Waals surface area contributed by atoms with Gasteiger partial charge in [0.25, 0.3) is 0 Å². The average molecular weight is 559 g/mol. The van der Waals surface area contributed by atoms with Gasteiger partial charge in [-0.1, -0.05) is 35.3 Å². The van der Waals surface area contributed by atoms with Gasteiger partial charge in [0, 0.05) is 25.7 Å². The summed E-state index contributed by atoms with van der Waals surface area (Å²) in [6.45, 7) is 4.21. The van der Waals surface area contributed by atoms with Crippen LogP contribution >= 0.6 is 23.2 Å². The van der Waals surface area contributed by atoms with Gasteiger partial charge in [-0.3, -0.25) is 4.79 Å². The number of amides is 1. The number of carboxylic acid groups (broad SMARTS) is 1. The van der Waals surface area contributed by atoms with E-state index >= 15 is 0 Å². The van der Waals surface area contributed by atoms with E-state index in [0.29, 0.717) is 59.2 Å². The molecule has 1 heterocycles. The third kappa shape index (κ3) is 6.51. The average Bonchev–Trinajstić information content (AvgIpc) is 2.92. The van der Waals surface area contributed by atoms with Gasteiger partial charge in [-0.15, -0.1) is 0 Å². The number of carbonyl (C=O) groups excluding carboxylic acids is 1. The highest BCUT2D eigenvalue weighted by Crippen LogP contribution is 2.32. The van der Waals surface area contributed by atoms with E-state index in [9.17, 15) is 14.7 Å². The second-order valence-corrected chi connectivity index (χ2v) is 9.55. The van der Waals surface area contributed by atoms with E-state index in [1.807, 2.05) is 17.0 Å². The highest BCUT2D eigenvalue weighted by atomic mass is 35.5. The minimum absolute atomic E-state index is 0.138. The number of rotatable bonds is 9. The van der Waals surface area contributed by atoms with Gasteiger partial charge in [0.2, 0.25) is 5.91 Å². The molecular weight excluding hydrogens is 531 g/mol. The second kappa shape index (κ2) is 12.4. The Hall–Kier alpha value is -3.46. The lowest BCUT2D eigenvalue weighted by Crippen LogP contribution is -2.37. The molecule has 4 rings (SSSR count). The Morgan fingerprint density at radius 1 is 0.974 bits per heavy atom. The summed E-state index contributed by atoms with van der Waals surface area (Å²) in [5.41, 5.74) is 2.87. The van der Waals surface area contributed by atoms with Gasteiger partial charge in [-0.2, -0.15) is 0 Å². The van der Waals surface area contributed by atoms with E-state index in [2.05, 4.69) is 0 Å². The first-order chi connectivity index (χ1) is 18.3. The molecule has 0 aliphatic carbocycles. The number of aromatic carboxylic acids is 1. The number of methoxy groups -OCH3 is 1. The van der Waals surface area contributed by atoms with E-state index in [4.69, 9.17) is 37.4 Å². The maximum atomic E-state index is 12.6. The van der Waals surface area contributed by atoms with Crippen LogP contribution in [0.3, 0.4) is 0 Å². The van der Waals surface area contributed by atoms with Crippen LogP contribution in [0, 0.1) is 0 Å². The van der Waals surface area contributed by atoms with Gasteiger partial charge < -0.3 is 29.1 Å². The summed E-state index contributed by atoms with van der Waals surface area (Å²) >= 11 is 12.1. The summed E-state index contributed by atoms with van der Waals surface area (Å²) in [5, 5.41) is 10.8. The van der Waals surface area contributed by atoms with Crippen molar-refractivity contribution in [1.82, 2.24) is 0 Å². The lowest BCUT2D eigenvalue weighted by molar-refractivity contribution is -0.116. The molecule has 8 nitrogen and oxygen atoms in total. The molecular formula is C28H28Cl2N2O6. The number of hydrogen-bond donors (Lipinski definition) is 1. The van der Waals surface area contributed by atoms with Crippen LogP contribution in [0.2, 0.25) is 10.0 Å². The summed E-state index contributed by atoms with van der Waals surface area (Å²) < 4.78 is 16.8. The van der Waals surface area contributed by atoms with Crippen LogP contribution in [-0.4, -0.2) is 50.4 Å². The highest BCUT2D eigenvalue weighted by molar-refractivity contribution is 6.42. The minimum Gasteiger partial charge on any atom is -0.493 e. The molecule has 38 heavy (non-hydrogen) atoms. The number of morpholine rings is 1. The van der Waals surface area contributed by atoms with Crippen molar-refractivity contribution in [1.29, 1.82) is 0 Å². The molecule has 3 aromatic carbocycles. The van der Waals surface area contributed by atoms with Crippen molar-refractivity contribution >= 4 is 46.5 Å². The summed E-state index contributed by atoms with van der Waals surface area (Å²) in [5.74, 6) is -0.249. The molecule has 0 radical (unpaired) electrons. The monoisotopic (exact) mass is 558 g/mol. The Labute approximate surface area is 231 Å². The van der Waals surface area contributed by atoms with Crippen molar-refractivity contribution in [3.05, 3.63) is 81.3 Å². The number of halogens is 2. The molecule has 0 atom stereocenters. The lowest BCUT2D eigenvalue weighted by atomic mass is 10.1. The molecule has 10 heteroatoms. The molecule has 1 fully saturated rings. The van der Waals surface area contributed by atoms with E-state index in [1.54, 1.807) is 42.5 Å². The molecule has 3 aromatic rings. The van der Waals surface area contributed by atoms with Crippen molar-refractivity contribution in [2.45, 2.75) is 20.1 Å². The molecule has 1 amide bonds. The fourth-order valence-corrected chi connectivity index (χ4v) is 4.55. The molecule has 200 valence electrons. The minimum atomic E-state index is -1.05. The first kappa shape index (κ1) is 27.6. The number of hydrogen-bond acceptors (Lipinski definition) is 6. The fourth-order valence-electron chi connectivity index (χ4n) is 4.23. The Kier molecular flexibility index (Phi) is 8.99. The molecule has 0 bridgehead atoms. The molecule has 0 unspecified atom stereocenters. The smallest absolute Gasteiger partial charge is 0.337 e. The molecule has 1 aliphatic heterocycles. The molecule has 0 saturated carbocycles. The maximum Gasteiger partial charge on any atom is 0.337 e. The summed E-state index contributed by atoms with van der Waals surface area (Å²) in [4.78, 5) is 28.2. The van der Waals surface area contributed by atoms with Gasteiger partial charge in [-0.05, 0) is 53.6 Å². The van der Waals surface area contributed by atoms with Crippen LogP contribution in [0.1, 0.15) is 28.4 Å². The predicted octanol–water partition coefficient (Wildman–Crippen LogP) is 5.67. The summed E-state index contributed by atoms with van der Waals surface area (Å²) in [6.07, 6.45) is 0. The van der Waals surface area contributed by atoms with Crippen LogP contribution < -0.4 is 19.3 Å². The normalized spacial score (nSPS) is 13.2. The van der Waals surface area contributed by atoms with Gasteiger partial charge in [-0.25, -0.2) is 4.79 Å². The number of nitrogens with zero attached hydrogens (tertiary/aromatic N) is 2. The lowest BCUT2D eigenvalue weighted by Gasteiger charge is -2.31. The first-order valence-electron chi connectivity index (χ1n) is 12.0. The van der Waals surface area contributed by atoms with Crippen LogP contribution in [0.4, 0.5) is 11.4 Å². The maximum absolute atomic E-state index is 12.6. The van der Waals surface area contributed by atoms with Crippen LogP contribution in [0.5, 0.6) is 11.5 Å². The van der Waals surface area contributed by atoms with Gasteiger partial charge in [0.05, 0.1) is 48.2 Å². The summed E-state index contributed by atoms with van der Waals surface area (Å²) in [7, 11) is 1.54. The fraction of sp³-hybridized carbons (Fsp3) is 0.286. The SMILES string of the molecule is COc1cc(CN(C(C)=O)c2ccc(N3CCOCC3)c(C(=O)O)c2)ccc1OCc1ccc(Cl)c(Cl)c1. The molecule has 0 spiro atoms. The van der Waals surface area contributed by atoms with Crippen LogP contribution in [0.15, 0.2) is 54.6 Å². The van der Waals surface area contributed by atoms with E-state index in [-0.39, 0.29) is 24.6 Å². The Morgan fingerprint density at radius 3 is 2.37 bits per heavy atom. The Balaban J connectivity index is 1.54. The highest BCUT2D eigenvalue weighted by Gasteiger charge is 2.22. The number of ether oxygens (including phenoxy) is 3. The Morgan fingerprint density at radius 2 is 1.71 bits per heavy atom. The van der Waals surface area contributed by atoms with E-state index in [1.165, 1.54) is 18.9 Å². The van der Waals surface area contributed by atoms with Gasteiger partial charge >= 0.3 is 5.97 Å². The van der Waals surface area contributed by atoms with E-state index < -0.39 is 5.97 Å². The van der Waals surface area contributed by atoms with Crippen molar-refractivity contribution < 1.29 is 28.9 Å². The van der Waals surface area contributed by atoms with Crippen LogP contribution in [-0.2, 0) is 22.7 Å². The zero-order chi connectivity index (χ0) is 27.2. The van der Waals surface area contributed by atoms with Crippen molar-refractivity contribution in [2.24, 2.45) is 0 Å². The first-order valence-corrected chi connectivity index (χ1v) is 12.7. The van der Waals surface area contributed by atoms with Gasteiger partial charge in [0.1, 0.15) is 6.61 Å². The molecule has 1 aliphatic rings. The van der Waals surface area contributed by atoms with Crippen LogP contribution in [0.25, 0.3) is 0 Å². The number of anilines is 2. The third-order valence-corrected chi connectivity index (χ3v) is 6.94. The summed E-state index contributed by atoms with van der Waals surface area (Å²) in [6, 6.07) is 15.7. The standard InChI is InChI=1S/C28H28Cl2N2O6/c1-18(33)32(21-5-7-25(22(15-21)28(34)35)31-9-11-37-12-10-31)16-19-4-8-26(27(14-19)36-2)38-17-20-3-6-23(29)24(30)13-20/h3-8,13-15H,9-12,16-17H2,1-2H3,(H,34,35). The van der Waals surface area contributed by atoms with Crippen molar-refractivity contribution in [2.75, 3.05) is 43.2 Å². The zero-order valence-electron chi connectivity index (χ0n) is 21.1.